The number of anilines is 2. The van der Waals surface area contributed by atoms with E-state index in [1.54, 1.807) is 6.92 Å². The molecule has 0 aliphatic rings. The van der Waals surface area contributed by atoms with E-state index >= 15 is 0 Å². The lowest BCUT2D eigenvalue weighted by Gasteiger charge is -2.09. The molecular formula is C8H10FN3O. The number of nitrogens with one attached hydrogen (secondary N) is 1. The molecule has 0 heterocycles. The first-order valence-electron chi connectivity index (χ1n) is 3.63. The fourth-order valence-electron chi connectivity index (χ4n) is 0.971. The van der Waals surface area contributed by atoms with Gasteiger partial charge in [-0.05, 0) is 24.6 Å². The molecule has 5 heteroatoms. The van der Waals surface area contributed by atoms with Crippen molar-refractivity contribution < 1.29 is 9.18 Å². The fraction of sp³-hybridized carbons (Fsp3) is 0.125. The highest BCUT2D eigenvalue weighted by molar-refractivity contribution is 5.89. The van der Waals surface area contributed by atoms with Crippen LogP contribution in [0.3, 0.4) is 0 Å². The van der Waals surface area contributed by atoms with Gasteiger partial charge in [0.1, 0.15) is 5.82 Å². The number of hydrogen-bond donors (Lipinski definition) is 3. The number of benzene rings is 1. The average molecular weight is 183 g/mol. The molecule has 0 bridgehead atoms. The third kappa shape index (κ3) is 1.87. The number of amides is 2. The van der Waals surface area contributed by atoms with Crippen molar-refractivity contribution in [2.45, 2.75) is 6.92 Å². The van der Waals surface area contributed by atoms with E-state index in [2.05, 4.69) is 5.32 Å². The largest absolute Gasteiger partial charge is 0.398 e. The van der Waals surface area contributed by atoms with Gasteiger partial charge in [0, 0.05) is 5.69 Å². The van der Waals surface area contributed by atoms with Crippen LogP contribution in [-0.4, -0.2) is 6.03 Å². The predicted molar refractivity (Wildman–Crippen MR) is 48.8 cm³/mol. The lowest BCUT2D eigenvalue weighted by Crippen LogP contribution is -2.21. The summed E-state index contributed by atoms with van der Waals surface area (Å²) in [5, 5.41) is 2.17. The van der Waals surface area contributed by atoms with Crippen molar-refractivity contribution >= 4 is 17.4 Å². The molecule has 0 saturated heterocycles. The maximum absolute atomic E-state index is 13.1. The molecule has 0 aliphatic heterocycles. The van der Waals surface area contributed by atoms with Crippen LogP contribution in [-0.2, 0) is 0 Å². The number of rotatable bonds is 1. The van der Waals surface area contributed by atoms with Crippen molar-refractivity contribution in [3.8, 4) is 0 Å². The third-order valence-corrected chi connectivity index (χ3v) is 1.70. The van der Waals surface area contributed by atoms with E-state index in [-0.39, 0.29) is 5.69 Å². The first-order valence-corrected chi connectivity index (χ1v) is 3.63. The van der Waals surface area contributed by atoms with E-state index in [1.807, 2.05) is 0 Å². The second-order valence-corrected chi connectivity index (χ2v) is 2.63. The molecule has 70 valence electrons. The molecular weight excluding hydrogens is 173 g/mol. The van der Waals surface area contributed by atoms with Crippen LogP contribution in [0.4, 0.5) is 20.6 Å². The van der Waals surface area contributed by atoms with Crippen LogP contribution in [0.15, 0.2) is 12.1 Å². The topological polar surface area (TPSA) is 81.1 Å². The van der Waals surface area contributed by atoms with Gasteiger partial charge in [0.2, 0.25) is 0 Å². The Morgan fingerprint density at radius 1 is 1.54 bits per heavy atom. The van der Waals surface area contributed by atoms with Crippen LogP contribution < -0.4 is 16.8 Å². The van der Waals surface area contributed by atoms with Gasteiger partial charge in [-0.2, -0.15) is 0 Å². The number of halogens is 1. The summed E-state index contributed by atoms with van der Waals surface area (Å²) in [5.41, 5.74) is 11.3. The minimum absolute atomic E-state index is 0.0347. The number of carbonyl (C=O) groups is 1. The molecule has 1 aromatic carbocycles. The van der Waals surface area contributed by atoms with Gasteiger partial charge in [0.05, 0.1) is 5.69 Å². The van der Waals surface area contributed by atoms with Gasteiger partial charge in [0.15, 0.2) is 0 Å². The molecule has 1 rings (SSSR count). The SMILES string of the molecule is Cc1c(N)ccc(F)c1NC(N)=O. The van der Waals surface area contributed by atoms with Crippen molar-refractivity contribution in [2.75, 3.05) is 11.1 Å². The fourth-order valence-corrected chi connectivity index (χ4v) is 0.971. The summed E-state index contributed by atoms with van der Waals surface area (Å²) < 4.78 is 13.1. The Morgan fingerprint density at radius 2 is 2.15 bits per heavy atom. The maximum atomic E-state index is 13.1. The van der Waals surface area contributed by atoms with Crippen LogP contribution >= 0.6 is 0 Å². The van der Waals surface area contributed by atoms with Gasteiger partial charge >= 0.3 is 6.03 Å². The molecule has 0 radical (unpaired) electrons. The van der Waals surface area contributed by atoms with Gasteiger partial charge in [0.25, 0.3) is 0 Å². The molecule has 0 unspecified atom stereocenters. The third-order valence-electron chi connectivity index (χ3n) is 1.70. The van der Waals surface area contributed by atoms with Crippen LogP contribution in [0.2, 0.25) is 0 Å². The Bertz CT molecular complexity index is 351. The van der Waals surface area contributed by atoms with Gasteiger partial charge in [-0.15, -0.1) is 0 Å². The van der Waals surface area contributed by atoms with E-state index in [0.29, 0.717) is 11.3 Å². The normalized spacial score (nSPS) is 9.69. The minimum Gasteiger partial charge on any atom is -0.398 e. The number of nitrogens with two attached hydrogens (primary N) is 2. The number of primary amides is 1. The van der Waals surface area contributed by atoms with Gasteiger partial charge in [-0.25, -0.2) is 9.18 Å². The van der Waals surface area contributed by atoms with Gasteiger partial charge in [-0.1, -0.05) is 0 Å². The van der Waals surface area contributed by atoms with E-state index in [4.69, 9.17) is 11.5 Å². The summed E-state index contributed by atoms with van der Waals surface area (Å²) in [6.45, 7) is 1.60. The Labute approximate surface area is 74.7 Å². The van der Waals surface area contributed by atoms with E-state index < -0.39 is 11.8 Å². The molecule has 0 fully saturated rings. The first-order chi connectivity index (χ1) is 6.02. The van der Waals surface area contributed by atoms with E-state index in [9.17, 15) is 9.18 Å². The molecule has 2 amide bonds. The number of nitrogen functional groups attached to an aromatic ring is 1. The molecule has 13 heavy (non-hydrogen) atoms. The maximum Gasteiger partial charge on any atom is 0.316 e. The molecule has 0 aromatic heterocycles. The van der Waals surface area contributed by atoms with Crippen LogP contribution in [0.5, 0.6) is 0 Å². The van der Waals surface area contributed by atoms with Crippen molar-refractivity contribution in [3.05, 3.63) is 23.5 Å². The highest BCUT2D eigenvalue weighted by Gasteiger charge is 2.09. The summed E-state index contributed by atoms with van der Waals surface area (Å²) in [7, 11) is 0. The Hall–Kier alpha value is -1.78. The monoisotopic (exact) mass is 183 g/mol. The summed E-state index contributed by atoms with van der Waals surface area (Å²) in [5.74, 6) is -0.550. The number of carbonyl (C=O) groups excluding carboxylic acids is 1. The lowest BCUT2D eigenvalue weighted by atomic mass is 10.1. The summed E-state index contributed by atoms with van der Waals surface area (Å²) >= 11 is 0. The number of urea groups is 1. The van der Waals surface area contributed by atoms with Crippen LogP contribution in [0, 0.1) is 12.7 Å². The minimum atomic E-state index is -0.812. The molecule has 0 aliphatic carbocycles. The summed E-state index contributed by atoms with van der Waals surface area (Å²) in [4.78, 5) is 10.5. The molecule has 0 atom stereocenters. The highest BCUT2D eigenvalue weighted by atomic mass is 19.1. The van der Waals surface area contributed by atoms with Crippen molar-refractivity contribution in [3.63, 3.8) is 0 Å². The van der Waals surface area contributed by atoms with E-state index in [0.717, 1.165) is 0 Å². The summed E-state index contributed by atoms with van der Waals surface area (Å²) in [6.07, 6.45) is 0. The average Bonchev–Trinajstić information content (AvgIpc) is 2.05. The Kier molecular flexibility index (Phi) is 2.36. The lowest BCUT2D eigenvalue weighted by molar-refractivity contribution is 0.259. The molecule has 0 saturated carbocycles. The predicted octanol–water partition coefficient (Wildman–Crippen LogP) is 1.21. The van der Waals surface area contributed by atoms with E-state index in [1.165, 1.54) is 12.1 Å². The highest BCUT2D eigenvalue weighted by Crippen LogP contribution is 2.23. The smallest absolute Gasteiger partial charge is 0.316 e. The molecule has 1 aromatic rings. The molecule has 4 nitrogen and oxygen atoms in total. The second-order valence-electron chi connectivity index (χ2n) is 2.63. The quantitative estimate of drug-likeness (QED) is 0.572. The zero-order valence-corrected chi connectivity index (χ0v) is 7.10. The molecule has 0 spiro atoms. The van der Waals surface area contributed by atoms with Crippen molar-refractivity contribution in [1.29, 1.82) is 0 Å². The Balaban J connectivity index is 3.17. The summed E-state index contributed by atoms with van der Waals surface area (Å²) in [6, 6.07) is 1.79. The van der Waals surface area contributed by atoms with Crippen molar-refractivity contribution in [1.82, 2.24) is 0 Å². The standard InChI is InChI=1S/C8H10FN3O/c1-4-6(10)3-2-5(9)7(4)12-8(11)13/h2-3H,10H2,1H3,(H3,11,12,13). The van der Waals surface area contributed by atoms with Gasteiger partial charge < -0.3 is 16.8 Å². The first kappa shape index (κ1) is 9.31. The zero-order chi connectivity index (χ0) is 10.0. The Morgan fingerprint density at radius 3 is 2.69 bits per heavy atom. The van der Waals surface area contributed by atoms with Crippen LogP contribution in [0.25, 0.3) is 0 Å². The number of hydrogen-bond acceptors (Lipinski definition) is 2. The zero-order valence-electron chi connectivity index (χ0n) is 7.10. The van der Waals surface area contributed by atoms with Crippen LogP contribution in [0.1, 0.15) is 5.56 Å². The van der Waals surface area contributed by atoms with Gasteiger partial charge in [-0.3, -0.25) is 0 Å². The molecule has 5 N–H and O–H groups in total. The van der Waals surface area contributed by atoms with Crippen molar-refractivity contribution in [2.24, 2.45) is 5.73 Å². The second kappa shape index (κ2) is 3.30.